The van der Waals surface area contributed by atoms with Gasteiger partial charge in [-0.25, -0.2) is 0 Å². The summed E-state index contributed by atoms with van der Waals surface area (Å²) in [6, 6.07) is 47.6. The Morgan fingerprint density at radius 1 is 0.406 bits per heavy atom. The van der Waals surface area contributed by atoms with Crippen molar-refractivity contribution in [3.05, 3.63) is 133 Å². The number of hydrogen-bond acceptors (Lipinski definition) is 0. The molecule has 1 aliphatic heterocycles. The molecule has 0 N–H and O–H groups in total. The third kappa shape index (κ3) is 2.68. The van der Waals surface area contributed by atoms with Gasteiger partial charge in [0.05, 0.1) is 0 Å². The van der Waals surface area contributed by atoms with Crippen molar-refractivity contribution >= 4 is 28.8 Å². The van der Waals surface area contributed by atoms with Crippen LogP contribution in [0.25, 0.3) is 22.3 Å². The van der Waals surface area contributed by atoms with Gasteiger partial charge in [0, 0.05) is 0 Å². The lowest BCUT2D eigenvalue weighted by molar-refractivity contribution is 1.49. The molecule has 0 fully saturated rings. The topological polar surface area (TPSA) is 0 Å². The van der Waals surface area contributed by atoms with Crippen molar-refractivity contribution in [3.8, 4) is 22.3 Å². The second kappa shape index (κ2) is 7.47. The molecule has 5 aromatic carbocycles. The zero-order valence-electron chi connectivity index (χ0n) is 18.1. The first-order valence-corrected chi connectivity index (χ1v) is 13.2. The number of hydrogen-bond donors (Lipinski definition) is 0. The molecular weight excluding hydrogens is 400 g/mol. The minimum atomic E-state index is -2.56. The SMILES string of the molecule is Cc1cccc([Si]2(c3ccccc3)c3ccccc3-c3ccccc3-c3ccccc32)c1. The molecule has 6 rings (SSSR count). The molecule has 0 saturated heterocycles. The third-order valence-electron chi connectivity index (χ3n) is 6.83. The summed E-state index contributed by atoms with van der Waals surface area (Å²) in [5.74, 6) is 0. The normalized spacial score (nSPS) is 13.4. The van der Waals surface area contributed by atoms with Crippen molar-refractivity contribution in [2.75, 3.05) is 0 Å². The van der Waals surface area contributed by atoms with Crippen LogP contribution < -0.4 is 20.7 Å². The molecule has 152 valence electrons. The minimum Gasteiger partial charge on any atom is -0.0623 e. The maximum absolute atomic E-state index is 2.56. The Kier molecular flexibility index (Phi) is 4.45. The predicted molar refractivity (Wildman–Crippen MR) is 139 cm³/mol. The van der Waals surface area contributed by atoms with Crippen molar-refractivity contribution in [1.29, 1.82) is 0 Å². The monoisotopic (exact) mass is 424 g/mol. The lowest BCUT2D eigenvalue weighted by atomic mass is 9.95. The largest absolute Gasteiger partial charge is 0.180 e. The zero-order valence-corrected chi connectivity index (χ0v) is 19.1. The Hall–Kier alpha value is -3.68. The van der Waals surface area contributed by atoms with Crippen LogP contribution in [-0.2, 0) is 0 Å². The fourth-order valence-corrected chi connectivity index (χ4v) is 10.8. The van der Waals surface area contributed by atoms with E-state index in [1.54, 1.807) is 0 Å². The summed E-state index contributed by atoms with van der Waals surface area (Å²) < 4.78 is 0. The van der Waals surface area contributed by atoms with E-state index in [9.17, 15) is 0 Å². The highest BCUT2D eigenvalue weighted by Crippen LogP contribution is 2.35. The van der Waals surface area contributed by atoms with Gasteiger partial charge < -0.3 is 0 Å². The summed E-state index contributed by atoms with van der Waals surface area (Å²) >= 11 is 0. The molecular formula is C31H24Si. The molecule has 0 unspecified atom stereocenters. The predicted octanol–water partition coefficient (Wildman–Crippen LogP) is 5.02. The maximum atomic E-state index is 2.42. The fourth-order valence-electron chi connectivity index (χ4n) is 5.54. The van der Waals surface area contributed by atoms with Gasteiger partial charge in [0.2, 0.25) is 0 Å². The summed E-state index contributed by atoms with van der Waals surface area (Å²) in [4.78, 5) is 0. The first kappa shape index (κ1) is 19.0. The van der Waals surface area contributed by atoms with E-state index in [0.717, 1.165) is 0 Å². The second-order valence-electron chi connectivity index (χ2n) is 8.62. The van der Waals surface area contributed by atoms with Crippen molar-refractivity contribution in [1.82, 2.24) is 0 Å². The Bertz CT molecular complexity index is 1370. The maximum Gasteiger partial charge on any atom is 0.180 e. The van der Waals surface area contributed by atoms with E-state index in [1.807, 2.05) is 0 Å². The summed E-state index contributed by atoms with van der Waals surface area (Å²) in [5, 5.41) is 5.80. The molecule has 1 aliphatic rings. The van der Waals surface area contributed by atoms with Gasteiger partial charge in [-0.15, -0.1) is 0 Å². The van der Waals surface area contributed by atoms with E-state index in [4.69, 9.17) is 0 Å². The molecule has 0 bridgehead atoms. The van der Waals surface area contributed by atoms with Crippen molar-refractivity contribution in [3.63, 3.8) is 0 Å². The van der Waals surface area contributed by atoms with Crippen molar-refractivity contribution < 1.29 is 0 Å². The molecule has 0 spiro atoms. The quantitative estimate of drug-likeness (QED) is 0.343. The van der Waals surface area contributed by atoms with E-state index in [-0.39, 0.29) is 0 Å². The second-order valence-corrected chi connectivity index (χ2v) is 12.4. The van der Waals surface area contributed by atoms with Gasteiger partial charge in [0.15, 0.2) is 8.07 Å². The number of benzene rings is 5. The van der Waals surface area contributed by atoms with Crippen LogP contribution in [0.5, 0.6) is 0 Å². The Labute approximate surface area is 190 Å². The average molecular weight is 425 g/mol. The number of fused-ring (bicyclic) bond motifs is 5. The molecule has 1 heterocycles. The molecule has 0 radical (unpaired) electrons. The summed E-state index contributed by atoms with van der Waals surface area (Å²) in [5.41, 5.74) is 6.68. The van der Waals surface area contributed by atoms with Gasteiger partial charge in [-0.05, 0) is 49.9 Å². The first-order chi connectivity index (χ1) is 15.8. The lowest BCUT2D eigenvalue weighted by Crippen LogP contribution is -2.75. The van der Waals surface area contributed by atoms with Gasteiger partial charge in [0.25, 0.3) is 0 Å². The van der Waals surface area contributed by atoms with Crippen LogP contribution in [0.2, 0.25) is 0 Å². The van der Waals surface area contributed by atoms with Gasteiger partial charge >= 0.3 is 0 Å². The summed E-state index contributed by atoms with van der Waals surface area (Å²) in [6.45, 7) is 2.21. The van der Waals surface area contributed by atoms with Crippen molar-refractivity contribution in [2.45, 2.75) is 6.92 Å². The van der Waals surface area contributed by atoms with Crippen LogP contribution in [0.1, 0.15) is 5.56 Å². The van der Waals surface area contributed by atoms with Crippen LogP contribution in [0.15, 0.2) is 127 Å². The van der Waals surface area contributed by atoms with E-state index in [0.29, 0.717) is 0 Å². The Balaban J connectivity index is 1.89. The van der Waals surface area contributed by atoms with Crippen LogP contribution in [-0.4, -0.2) is 8.07 Å². The van der Waals surface area contributed by atoms with E-state index >= 15 is 0 Å². The molecule has 5 aromatic rings. The summed E-state index contributed by atoms with van der Waals surface area (Å²) in [6.07, 6.45) is 0. The molecule has 0 aliphatic carbocycles. The molecule has 0 amide bonds. The van der Waals surface area contributed by atoms with Crippen LogP contribution in [0.4, 0.5) is 0 Å². The smallest absolute Gasteiger partial charge is 0.0623 e. The van der Waals surface area contributed by atoms with Gasteiger partial charge in [0.1, 0.15) is 0 Å². The number of rotatable bonds is 2. The van der Waals surface area contributed by atoms with Gasteiger partial charge in [-0.1, -0.05) is 133 Å². The van der Waals surface area contributed by atoms with Crippen molar-refractivity contribution in [2.24, 2.45) is 0 Å². The summed E-state index contributed by atoms with van der Waals surface area (Å²) in [7, 11) is -2.56. The highest BCUT2D eigenvalue weighted by Gasteiger charge is 2.46. The highest BCUT2D eigenvalue weighted by molar-refractivity contribution is 7.21. The van der Waals surface area contributed by atoms with Gasteiger partial charge in [-0.3, -0.25) is 0 Å². The lowest BCUT2D eigenvalue weighted by Gasteiger charge is -2.36. The molecule has 1 heteroatoms. The van der Waals surface area contributed by atoms with Crippen LogP contribution >= 0.6 is 0 Å². The standard InChI is InChI=1S/C31H24Si/c1-23-12-11-15-25(22-23)32(24-13-3-2-4-14-24)30-20-9-7-18-28(30)26-16-5-6-17-27(26)29-19-8-10-21-31(29)32/h2-22H,1H3. The van der Waals surface area contributed by atoms with E-state index < -0.39 is 8.07 Å². The third-order valence-corrected chi connectivity index (χ3v) is 11.7. The minimum absolute atomic E-state index is 1.31. The first-order valence-electron chi connectivity index (χ1n) is 11.2. The molecule has 0 aromatic heterocycles. The Morgan fingerprint density at radius 3 is 1.44 bits per heavy atom. The average Bonchev–Trinajstić information content (AvgIpc) is 2.97. The van der Waals surface area contributed by atoms with Crippen LogP contribution in [0, 0.1) is 6.92 Å². The van der Waals surface area contributed by atoms with E-state index in [1.165, 1.54) is 48.6 Å². The highest BCUT2D eigenvalue weighted by atomic mass is 28.3. The fraction of sp³-hybridized carbons (Fsp3) is 0.0323. The Morgan fingerprint density at radius 2 is 0.875 bits per heavy atom. The zero-order chi connectivity index (χ0) is 21.5. The van der Waals surface area contributed by atoms with Crippen LogP contribution in [0.3, 0.4) is 0 Å². The molecule has 32 heavy (non-hydrogen) atoms. The number of aryl methyl sites for hydroxylation is 1. The van der Waals surface area contributed by atoms with E-state index in [2.05, 4.69) is 134 Å². The molecule has 0 nitrogen and oxygen atoms in total. The van der Waals surface area contributed by atoms with Gasteiger partial charge in [-0.2, -0.15) is 0 Å². The molecule has 0 saturated carbocycles. The molecule has 0 atom stereocenters.